The molecule has 0 aliphatic rings. The number of nitrogens with zero attached hydrogens (tertiary/aromatic N) is 2. The van der Waals surface area contributed by atoms with Crippen LogP contribution in [0.1, 0.15) is 11.1 Å². The Hall–Kier alpha value is -4.09. The fourth-order valence-electron chi connectivity index (χ4n) is 3.11. The molecule has 12 heteroatoms. The number of hydrazone groups is 1. The first kappa shape index (κ1) is 27.5. The number of rotatable bonds is 9. The largest absolute Gasteiger partial charge is 0.513 e. The first-order valence-corrected chi connectivity index (χ1v) is 12.6. The van der Waals surface area contributed by atoms with Crippen LogP contribution in [-0.4, -0.2) is 47.5 Å². The summed E-state index contributed by atoms with van der Waals surface area (Å²) < 4.78 is 42.4. The highest BCUT2D eigenvalue weighted by Gasteiger charge is 2.27. The molecule has 0 fully saturated rings. The Morgan fingerprint density at radius 2 is 1.76 bits per heavy atom. The quantitative estimate of drug-likeness (QED) is 0.185. The maximum absolute atomic E-state index is 13.4. The Labute approximate surface area is 219 Å². The molecule has 10 nitrogen and oxygen atoms in total. The number of benzene rings is 3. The second kappa shape index (κ2) is 12.2. The third kappa shape index (κ3) is 7.21. The number of methoxy groups -OCH3 is 2. The van der Waals surface area contributed by atoms with E-state index in [0.717, 1.165) is 9.87 Å². The number of carbonyl (C=O) groups excluding carboxylic acids is 2. The van der Waals surface area contributed by atoms with E-state index in [1.54, 1.807) is 36.4 Å². The van der Waals surface area contributed by atoms with Gasteiger partial charge in [0.25, 0.3) is 15.9 Å². The zero-order chi connectivity index (χ0) is 27.0. The summed E-state index contributed by atoms with van der Waals surface area (Å²) in [5.74, 6) is -0.324. The fourth-order valence-corrected chi connectivity index (χ4v) is 4.71. The summed E-state index contributed by atoms with van der Waals surface area (Å²) in [4.78, 5) is 24.1. The van der Waals surface area contributed by atoms with Crippen molar-refractivity contribution in [1.82, 2.24) is 5.43 Å². The number of hydrogen-bond acceptors (Lipinski definition) is 8. The van der Waals surface area contributed by atoms with Gasteiger partial charge in [-0.2, -0.15) is 5.10 Å². The van der Waals surface area contributed by atoms with Gasteiger partial charge in [-0.3, -0.25) is 9.10 Å². The lowest BCUT2D eigenvalue weighted by Gasteiger charge is -2.24. The molecular weight excluding hydrogens is 522 g/mol. The Kier molecular flexibility index (Phi) is 9.10. The molecule has 0 aromatic heterocycles. The van der Waals surface area contributed by atoms with Gasteiger partial charge < -0.3 is 14.2 Å². The monoisotopic (exact) mass is 545 g/mol. The van der Waals surface area contributed by atoms with Gasteiger partial charge in [0.1, 0.15) is 6.54 Å². The summed E-state index contributed by atoms with van der Waals surface area (Å²) >= 11 is 6.08. The minimum atomic E-state index is -4.09. The van der Waals surface area contributed by atoms with E-state index in [1.165, 1.54) is 50.8 Å². The van der Waals surface area contributed by atoms with Gasteiger partial charge in [0.15, 0.2) is 11.5 Å². The van der Waals surface area contributed by atoms with Gasteiger partial charge in [-0.05, 0) is 61.0 Å². The van der Waals surface area contributed by atoms with Crippen molar-refractivity contribution < 1.29 is 32.2 Å². The van der Waals surface area contributed by atoms with Crippen molar-refractivity contribution in [3.63, 3.8) is 0 Å². The number of hydrogen-bond donors (Lipinski definition) is 1. The van der Waals surface area contributed by atoms with Crippen LogP contribution < -0.4 is 19.2 Å². The van der Waals surface area contributed by atoms with Crippen LogP contribution in [0, 0.1) is 6.92 Å². The van der Waals surface area contributed by atoms with Gasteiger partial charge in [-0.25, -0.2) is 18.6 Å². The molecule has 3 aromatic rings. The first-order valence-electron chi connectivity index (χ1n) is 10.7. The third-order valence-corrected chi connectivity index (χ3v) is 6.97. The van der Waals surface area contributed by atoms with Gasteiger partial charge in [-0.1, -0.05) is 35.4 Å². The van der Waals surface area contributed by atoms with E-state index in [0.29, 0.717) is 10.6 Å². The molecule has 0 saturated carbocycles. The van der Waals surface area contributed by atoms with Crippen LogP contribution >= 0.6 is 11.6 Å². The van der Waals surface area contributed by atoms with Crippen LogP contribution in [0.3, 0.4) is 0 Å². The van der Waals surface area contributed by atoms with Crippen LogP contribution in [0.15, 0.2) is 76.7 Å². The number of carbonyl (C=O) groups is 2. The Bertz CT molecular complexity index is 1410. The van der Waals surface area contributed by atoms with Crippen molar-refractivity contribution in [1.29, 1.82) is 0 Å². The molecule has 0 aliphatic heterocycles. The number of amides is 1. The van der Waals surface area contributed by atoms with E-state index in [9.17, 15) is 18.0 Å². The second-order valence-corrected chi connectivity index (χ2v) is 9.86. The van der Waals surface area contributed by atoms with Gasteiger partial charge in [0, 0.05) is 5.02 Å². The summed E-state index contributed by atoms with van der Waals surface area (Å²) in [5.41, 5.74) is 3.94. The number of nitrogens with one attached hydrogen (secondary N) is 1. The predicted octanol–water partition coefficient (Wildman–Crippen LogP) is 4.15. The van der Waals surface area contributed by atoms with Crippen molar-refractivity contribution in [3.8, 4) is 11.5 Å². The normalized spacial score (nSPS) is 11.1. The first-order chi connectivity index (χ1) is 17.6. The molecule has 0 atom stereocenters. The molecule has 0 spiro atoms. The lowest BCUT2D eigenvalue weighted by molar-refractivity contribution is -0.119. The van der Waals surface area contributed by atoms with Crippen LogP contribution in [-0.2, 0) is 19.6 Å². The van der Waals surface area contributed by atoms with Gasteiger partial charge in [0.2, 0.25) is 0 Å². The van der Waals surface area contributed by atoms with Crippen molar-refractivity contribution in [2.24, 2.45) is 5.10 Å². The number of halogens is 1. The molecule has 0 heterocycles. The fraction of sp³-hybridized carbons (Fsp3) is 0.160. The van der Waals surface area contributed by atoms with Crippen molar-refractivity contribution in [3.05, 3.63) is 82.9 Å². The molecule has 194 valence electrons. The molecule has 0 unspecified atom stereocenters. The smallest absolute Gasteiger partial charge is 0.493 e. The molecular formula is C25H24ClN3O7S. The number of sulfonamides is 1. The number of aryl methyl sites for hydroxylation is 1. The maximum atomic E-state index is 13.4. The lowest BCUT2D eigenvalue weighted by Crippen LogP contribution is -2.39. The van der Waals surface area contributed by atoms with Crippen molar-refractivity contribution in [2.75, 3.05) is 25.1 Å². The van der Waals surface area contributed by atoms with Gasteiger partial charge in [0.05, 0.1) is 31.0 Å². The van der Waals surface area contributed by atoms with E-state index in [2.05, 4.69) is 15.3 Å². The van der Waals surface area contributed by atoms with Crippen LogP contribution in [0.2, 0.25) is 5.02 Å². The van der Waals surface area contributed by atoms with Crippen LogP contribution in [0.4, 0.5) is 10.5 Å². The molecule has 3 rings (SSSR count). The molecule has 1 N–H and O–H groups in total. The highest BCUT2D eigenvalue weighted by Crippen LogP contribution is 2.28. The molecule has 1 amide bonds. The summed E-state index contributed by atoms with van der Waals surface area (Å²) in [6.07, 6.45) is 0.414. The molecule has 0 bridgehead atoms. The molecule has 0 saturated heterocycles. The molecule has 37 heavy (non-hydrogen) atoms. The summed E-state index contributed by atoms with van der Waals surface area (Å²) in [6.45, 7) is 1.29. The SMILES string of the molecule is COC(=O)Oc1ccc(/C=N\NC(=O)CN(c2cccc(Cl)c2)S(=O)(=O)c2ccc(C)cc2)cc1OC. The standard InChI is InChI=1S/C25H24ClN3O7S/c1-17-7-10-21(11-8-17)37(32,33)29(20-6-4-5-19(26)14-20)16-24(30)28-27-15-18-9-12-22(23(13-18)34-2)36-25(31)35-3/h4-15H,16H2,1-3H3,(H,28,30)/b27-15-. The zero-order valence-electron chi connectivity index (χ0n) is 20.2. The van der Waals surface area contributed by atoms with Crippen molar-refractivity contribution in [2.45, 2.75) is 11.8 Å². The minimum Gasteiger partial charge on any atom is -0.493 e. The lowest BCUT2D eigenvalue weighted by atomic mass is 10.2. The van der Waals surface area contributed by atoms with Gasteiger partial charge in [-0.15, -0.1) is 0 Å². The van der Waals surface area contributed by atoms with Gasteiger partial charge >= 0.3 is 6.16 Å². The predicted molar refractivity (Wildman–Crippen MR) is 139 cm³/mol. The van der Waals surface area contributed by atoms with E-state index >= 15 is 0 Å². The average molecular weight is 546 g/mol. The maximum Gasteiger partial charge on any atom is 0.513 e. The van der Waals surface area contributed by atoms with Crippen molar-refractivity contribution >= 4 is 45.6 Å². The van der Waals surface area contributed by atoms with E-state index < -0.39 is 28.6 Å². The van der Waals surface area contributed by atoms with E-state index in [1.807, 2.05) is 6.92 Å². The average Bonchev–Trinajstić information content (AvgIpc) is 2.88. The molecule has 3 aromatic carbocycles. The second-order valence-electron chi connectivity index (χ2n) is 7.56. The summed E-state index contributed by atoms with van der Waals surface area (Å²) in [6, 6.07) is 17.0. The van der Waals surface area contributed by atoms with Crippen LogP contribution in [0.25, 0.3) is 0 Å². The number of anilines is 1. The minimum absolute atomic E-state index is 0.0238. The number of ether oxygens (including phenoxy) is 3. The summed E-state index contributed by atoms with van der Waals surface area (Å²) in [5, 5.41) is 4.21. The summed E-state index contributed by atoms with van der Waals surface area (Å²) in [7, 11) is -1.52. The Morgan fingerprint density at radius 3 is 2.41 bits per heavy atom. The van der Waals surface area contributed by atoms with E-state index in [4.69, 9.17) is 21.1 Å². The highest BCUT2D eigenvalue weighted by atomic mass is 35.5. The van der Waals surface area contributed by atoms with Crippen LogP contribution in [0.5, 0.6) is 11.5 Å². The van der Waals surface area contributed by atoms with E-state index in [-0.39, 0.29) is 22.1 Å². The Morgan fingerprint density at radius 1 is 1.03 bits per heavy atom. The zero-order valence-corrected chi connectivity index (χ0v) is 21.7. The Balaban J connectivity index is 1.79. The topological polar surface area (TPSA) is 124 Å². The highest BCUT2D eigenvalue weighted by molar-refractivity contribution is 7.92. The third-order valence-electron chi connectivity index (χ3n) is 4.94. The molecule has 0 radical (unpaired) electrons. The molecule has 0 aliphatic carbocycles.